The van der Waals surface area contributed by atoms with Gasteiger partial charge in [-0.2, -0.15) is 0 Å². The molecule has 0 aromatic heterocycles. The summed E-state index contributed by atoms with van der Waals surface area (Å²) >= 11 is 0. The highest BCUT2D eigenvalue weighted by molar-refractivity contribution is 6.02. The Morgan fingerprint density at radius 2 is 1.76 bits per heavy atom. The molecule has 0 radical (unpaired) electrons. The van der Waals surface area contributed by atoms with E-state index in [0.717, 1.165) is 57.3 Å². The van der Waals surface area contributed by atoms with E-state index in [1.54, 1.807) is 0 Å². The molecule has 0 saturated carbocycles. The quantitative estimate of drug-likeness (QED) is 0.399. The average molecular weight is 464 g/mol. The van der Waals surface area contributed by atoms with Gasteiger partial charge in [-0.15, -0.1) is 0 Å². The molecule has 2 aromatic carbocycles. The van der Waals surface area contributed by atoms with E-state index in [2.05, 4.69) is 66.6 Å². The summed E-state index contributed by atoms with van der Waals surface area (Å²) < 4.78 is 0. The van der Waals surface area contributed by atoms with Crippen LogP contribution in [0.4, 0.5) is 11.4 Å². The molecule has 0 unspecified atom stereocenters. The molecule has 34 heavy (non-hydrogen) atoms. The van der Waals surface area contributed by atoms with E-state index in [4.69, 9.17) is 0 Å². The highest BCUT2D eigenvalue weighted by atomic mass is 16.2. The predicted octanol–water partition coefficient (Wildman–Crippen LogP) is 6.05. The predicted molar refractivity (Wildman–Crippen MR) is 141 cm³/mol. The first-order valence-electron chi connectivity index (χ1n) is 13.0. The summed E-state index contributed by atoms with van der Waals surface area (Å²) in [6.07, 6.45) is 6.87. The maximum Gasteiger partial charge on any atom is 0.253 e. The Morgan fingerprint density at radius 3 is 2.44 bits per heavy atom. The number of rotatable bonds is 11. The summed E-state index contributed by atoms with van der Waals surface area (Å²) in [6.45, 7) is 8.81. The maximum atomic E-state index is 13.1. The van der Waals surface area contributed by atoms with Crippen molar-refractivity contribution in [3.05, 3.63) is 59.7 Å². The fourth-order valence-electron chi connectivity index (χ4n) is 4.55. The molecule has 5 heteroatoms. The molecule has 2 amide bonds. The molecule has 2 aromatic rings. The molecule has 0 atom stereocenters. The van der Waals surface area contributed by atoms with Gasteiger partial charge in [-0.1, -0.05) is 63.9 Å². The molecule has 3 rings (SSSR count). The zero-order valence-electron chi connectivity index (χ0n) is 21.1. The van der Waals surface area contributed by atoms with E-state index in [0.29, 0.717) is 36.1 Å². The highest BCUT2D eigenvalue weighted by Crippen LogP contribution is 2.30. The first-order chi connectivity index (χ1) is 16.5. The van der Waals surface area contributed by atoms with Crippen LogP contribution in [0.1, 0.15) is 75.2 Å². The standard InChI is InChI=1S/C29H41N3O2/c1-4-5-7-12-28(33)31-25-13-14-27(26(20-25)29(34)30-21-22(2)3)32-17-15-24(16-18-32)19-23-10-8-6-9-11-23/h6,8-11,13-14,20,22,24H,4-5,7,12,15-19,21H2,1-3H3,(H,30,34)(H,31,33). The van der Waals surface area contributed by atoms with Crippen molar-refractivity contribution in [2.75, 3.05) is 29.9 Å². The second-order valence-electron chi connectivity index (χ2n) is 9.96. The van der Waals surface area contributed by atoms with Crippen molar-refractivity contribution in [2.45, 2.75) is 65.7 Å². The van der Waals surface area contributed by atoms with Crippen LogP contribution < -0.4 is 15.5 Å². The molecule has 2 N–H and O–H groups in total. The highest BCUT2D eigenvalue weighted by Gasteiger charge is 2.24. The summed E-state index contributed by atoms with van der Waals surface area (Å²) in [6, 6.07) is 16.5. The van der Waals surface area contributed by atoms with Gasteiger partial charge in [-0.25, -0.2) is 0 Å². The summed E-state index contributed by atoms with van der Waals surface area (Å²) in [5, 5.41) is 6.05. The van der Waals surface area contributed by atoms with Crippen LogP contribution >= 0.6 is 0 Å². The Labute approximate surface area is 205 Å². The van der Waals surface area contributed by atoms with Crippen molar-refractivity contribution in [3.63, 3.8) is 0 Å². The number of amides is 2. The minimum Gasteiger partial charge on any atom is -0.371 e. The molecule has 1 aliphatic rings. The molecule has 1 fully saturated rings. The van der Waals surface area contributed by atoms with Gasteiger partial charge < -0.3 is 15.5 Å². The fourth-order valence-corrected chi connectivity index (χ4v) is 4.55. The Bertz CT molecular complexity index is 918. The smallest absolute Gasteiger partial charge is 0.253 e. The summed E-state index contributed by atoms with van der Waals surface area (Å²) in [4.78, 5) is 27.8. The molecular formula is C29H41N3O2. The van der Waals surface area contributed by atoms with Crippen LogP contribution in [0.25, 0.3) is 0 Å². The van der Waals surface area contributed by atoms with E-state index < -0.39 is 0 Å². The number of carbonyl (C=O) groups excluding carboxylic acids is 2. The lowest BCUT2D eigenvalue weighted by molar-refractivity contribution is -0.116. The molecule has 0 aliphatic carbocycles. The van der Waals surface area contributed by atoms with Gasteiger partial charge in [0.1, 0.15) is 0 Å². The Balaban J connectivity index is 1.69. The lowest BCUT2D eigenvalue weighted by Crippen LogP contribution is -2.36. The number of hydrogen-bond acceptors (Lipinski definition) is 3. The van der Waals surface area contributed by atoms with Crippen LogP contribution in [0, 0.1) is 11.8 Å². The van der Waals surface area contributed by atoms with Gasteiger partial charge in [0.05, 0.1) is 5.56 Å². The number of nitrogens with one attached hydrogen (secondary N) is 2. The number of hydrogen-bond donors (Lipinski definition) is 2. The number of anilines is 2. The minimum absolute atomic E-state index is 0.0106. The van der Waals surface area contributed by atoms with Gasteiger partial charge in [-0.05, 0) is 61.3 Å². The number of carbonyl (C=O) groups is 2. The minimum atomic E-state index is -0.0720. The maximum absolute atomic E-state index is 13.1. The van der Waals surface area contributed by atoms with Crippen molar-refractivity contribution >= 4 is 23.2 Å². The van der Waals surface area contributed by atoms with Gasteiger partial charge in [0.25, 0.3) is 5.91 Å². The van der Waals surface area contributed by atoms with Gasteiger partial charge in [0.15, 0.2) is 0 Å². The van der Waals surface area contributed by atoms with Gasteiger partial charge in [0, 0.05) is 37.4 Å². The van der Waals surface area contributed by atoms with Crippen LogP contribution in [0.2, 0.25) is 0 Å². The molecule has 1 saturated heterocycles. The third-order valence-corrected chi connectivity index (χ3v) is 6.53. The molecule has 5 nitrogen and oxygen atoms in total. The summed E-state index contributed by atoms with van der Waals surface area (Å²) in [7, 11) is 0. The average Bonchev–Trinajstić information content (AvgIpc) is 2.84. The lowest BCUT2D eigenvalue weighted by atomic mass is 9.89. The third-order valence-electron chi connectivity index (χ3n) is 6.53. The van der Waals surface area contributed by atoms with Crippen LogP contribution in [-0.4, -0.2) is 31.4 Å². The molecule has 1 heterocycles. The number of nitrogens with zero attached hydrogens (tertiary/aromatic N) is 1. The monoisotopic (exact) mass is 463 g/mol. The van der Waals surface area contributed by atoms with E-state index in [-0.39, 0.29) is 11.8 Å². The van der Waals surface area contributed by atoms with E-state index in [1.165, 1.54) is 5.56 Å². The largest absolute Gasteiger partial charge is 0.371 e. The normalized spacial score (nSPS) is 14.3. The number of unbranched alkanes of at least 4 members (excludes halogenated alkanes) is 2. The Morgan fingerprint density at radius 1 is 1.03 bits per heavy atom. The topological polar surface area (TPSA) is 61.4 Å². The zero-order valence-corrected chi connectivity index (χ0v) is 21.1. The Hall–Kier alpha value is -2.82. The van der Waals surface area contributed by atoms with Gasteiger partial charge in [0.2, 0.25) is 5.91 Å². The van der Waals surface area contributed by atoms with Crippen LogP contribution in [0.5, 0.6) is 0 Å². The van der Waals surface area contributed by atoms with Crippen LogP contribution in [0.3, 0.4) is 0 Å². The number of benzene rings is 2. The third kappa shape index (κ3) is 7.89. The molecule has 184 valence electrons. The molecular weight excluding hydrogens is 422 g/mol. The van der Waals surface area contributed by atoms with Crippen molar-refractivity contribution in [1.82, 2.24) is 5.32 Å². The van der Waals surface area contributed by atoms with Gasteiger partial charge >= 0.3 is 0 Å². The van der Waals surface area contributed by atoms with Crippen molar-refractivity contribution < 1.29 is 9.59 Å². The molecule has 1 aliphatic heterocycles. The zero-order chi connectivity index (χ0) is 24.3. The van der Waals surface area contributed by atoms with E-state index in [9.17, 15) is 9.59 Å². The SMILES string of the molecule is CCCCCC(=O)Nc1ccc(N2CCC(Cc3ccccc3)CC2)c(C(=O)NCC(C)C)c1. The van der Waals surface area contributed by atoms with Crippen LogP contribution in [0.15, 0.2) is 48.5 Å². The fraction of sp³-hybridized carbons (Fsp3) is 0.517. The van der Waals surface area contributed by atoms with Gasteiger partial charge in [-0.3, -0.25) is 9.59 Å². The van der Waals surface area contributed by atoms with Crippen LogP contribution in [-0.2, 0) is 11.2 Å². The van der Waals surface area contributed by atoms with Crippen molar-refractivity contribution in [3.8, 4) is 0 Å². The number of piperidine rings is 1. The summed E-state index contributed by atoms with van der Waals surface area (Å²) in [5.41, 5.74) is 3.70. The van der Waals surface area contributed by atoms with Crippen molar-refractivity contribution in [2.24, 2.45) is 11.8 Å². The molecule has 0 bridgehead atoms. The van der Waals surface area contributed by atoms with Crippen molar-refractivity contribution in [1.29, 1.82) is 0 Å². The summed E-state index contributed by atoms with van der Waals surface area (Å²) in [5.74, 6) is 0.981. The lowest BCUT2D eigenvalue weighted by Gasteiger charge is -2.35. The first kappa shape index (κ1) is 25.8. The first-order valence-corrected chi connectivity index (χ1v) is 13.0. The molecule has 0 spiro atoms. The van der Waals surface area contributed by atoms with E-state index in [1.807, 2.05) is 18.2 Å². The Kier molecular flexibility index (Phi) is 9.99. The second kappa shape index (κ2) is 13.2. The van der Waals surface area contributed by atoms with E-state index >= 15 is 0 Å². The second-order valence-corrected chi connectivity index (χ2v) is 9.96.